The Balaban J connectivity index is 1.48. The highest BCUT2D eigenvalue weighted by Gasteiger charge is 2.30. The van der Waals surface area contributed by atoms with Crippen LogP contribution in [0, 0.1) is 0 Å². The minimum atomic E-state index is -4.37. The molecule has 1 saturated heterocycles. The minimum Gasteiger partial charge on any atom is -0.355 e. The molecule has 1 fully saturated rings. The molecule has 1 aliphatic rings. The Kier molecular flexibility index (Phi) is 6.65. The molecule has 2 aromatic rings. The van der Waals surface area contributed by atoms with Crippen LogP contribution in [0.25, 0.3) is 0 Å². The van der Waals surface area contributed by atoms with Crippen molar-refractivity contribution in [3.8, 4) is 0 Å². The Labute approximate surface area is 171 Å². The molecule has 0 aliphatic carbocycles. The van der Waals surface area contributed by atoms with Gasteiger partial charge in [0.05, 0.1) is 12.0 Å². The fourth-order valence-electron chi connectivity index (χ4n) is 3.07. The first-order chi connectivity index (χ1) is 13.7. The first-order valence-corrected chi connectivity index (χ1v) is 11.4. The lowest BCUT2D eigenvalue weighted by molar-refractivity contribution is -0.137. The summed E-state index contributed by atoms with van der Waals surface area (Å²) in [6.07, 6.45) is -2.18. The van der Waals surface area contributed by atoms with Crippen molar-refractivity contribution in [1.29, 1.82) is 0 Å². The van der Waals surface area contributed by atoms with Crippen LogP contribution in [0.3, 0.4) is 0 Å². The maximum absolute atomic E-state index is 12.6. The summed E-state index contributed by atoms with van der Waals surface area (Å²) in [4.78, 5) is 12.7. The monoisotopic (exact) mass is 446 g/mol. The summed E-state index contributed by atoms with van der Waals surface area (Å²) < 4.78 is 64.4. The number of nitrogens with one attached hydrogen (secondary N) is 1. The summed E-state index contributed by atoms with van der Waals surface area (Å²) in [5.41, 5.74) is -0.0175. The molecule has 0 bridgehead atoms. The molecule has 1 aromatic carbocycles. The number of carbonyl (C=O) groups excluding carboxylic acids is 1. The highest BCUT2D eigenvalue weighted by molar-refractivity contribution is 7.91. The van der Waals surface area contributed by atoms with E-state index in [1.165, 1.54) is 22.5 Å². The van der Waals surface area contributed by atoms with Crippen molar-refractivity contribution in [3.05, 3.63) is 52.4 Å². The highest BCUT2D eigenvalue weighted by atomic mass is 32.2. The fourth-order valence-corrected chi connectivity index (χ4v) is 6.10. The van der Waals surface area contributed by atoms with Gasteiger partial charge in [-0.05, 0) is 49.1 Å². The normalized spacial score (nSPS) is 15.6. The van der Waals surface area contributed by atoms with Crippen LogP contribution in [0.2, 0.25) is 0 Å². The zero-order chi connectivity index (χ0) is 21.1. The van der Waals surface area contributed by atoms with Crippen LogP contribution < -0.4 is 5.32 Å². The number of hydrogen-bond donors (Lipinski definition) is 1. The quantitative estimate of drug-likeness (QED) is 0.709. The van der Waals surface area contributed by atoms with Gasteiger partial charge in [-0.2, -0.15) is 17.5 Å². The van der Waals surface area contributed by atoms with Crippen LogP contribution in [0.15, 0.2) is 40.6 Å². The van der Waals surface area contributed by atoms with Crippen molar-refractivity contribution in [3.63, 3.8) is 0 Å². The van der Waals surface area contributed by atoms with E-state index in [1.54, 1.807) is 6.07 Å². The molecular formula is C19H21F3N2O3S2. The second-order valence-electron chi connectivity index (χ2n) is 6.80. The van der Waals surface area contributed by atoms with E-state index in [4.69, 9.17) is 0 Å². The van der Waals surface area contributed by atoms with Gasteiger partial charge in [-0.15, -0.1) is 11.3 Å². The molecule has 2 heterocycles. The number of sulfonamides is 1. The summed E-state index contributed by atoms with van der Waals surface area (Å²) in [5.74, 6) is -0.260. The molecule has 1 aliphatic heterocycles. The van der Waals surface area contributed by atoms with Crippen molar-refractivity contribution < 1.29 is 26.4 Å². The van der Waals surface area contributed by atoms with Crippen molar-refractivity contribution >= 4 is 27.3 Å². The molecular weight excluding hydrogens is 425 g/mol. The molecule has 1 aromatic heterocycles. The maximum atomic E-state index is 12.6. The molecule has 0 radical (unpaired) electrons. The van der Waals surface area contributed by atoms with E-state index in [-0.39, 0.29) is 23.1 Å². The maximum Gasteiger partial charge on any atom is 0.416 e. The van der Waals surface area contributed by atoms with Gasteiger partial charge < -0.3 is 5.32 Å². The molecule has 0 spiro atoms. The lowest BCUT2D eigenvalue weighted by Gasteiger charge is -2.13. The number of hydrogen-bond acceptors (Lipinski definition) is 4. The topological polar surface area (TPSA) is 66.5 Å². The highest BCUT2D eigenvalue weighted by Crippen LogP contribution is 2.29. The first kappa shape index (κ1) is 21.8. The van der Waals surface area contributed by atoms with E-state index in [1.807, 2.05) is 0 Å². The minimum absolute atomic E-state index is 0.0627. The number of halogens is 3. The number of alkyl halides is 3. The first-order valence-electron chi connectivity index (χ1n) is 9.18. The van der Waals surface area contributed by atoms with Crippen molar-refractivity contribution in [2.24, 2.45) is 0 Å². The second-order valence-corrected chi connectivity index (χ2v) is 10.1. The summed E-state index contributed by atoms with van der Waals surface area (Å²) in [6, 6.07) is 8.00. The molecule has 10 heteroatoms. The van der Waals surface area contributed by atoms with Gasteiger partial charge >= 0.3 is 6.18 Å². The lowest BCUT2D eigenvalue weighted by Crippen LogP contribution is -2.27. The van der Waals surface area contributed by atoms with Gasteiger partial charge in [0.15, 0.2) is 0 Å². The number of thiophene rings is 1. The van der Waals surface area contributed by atoms with Crippen LogP contribution in [0.4, 0.5) is 13.2 Å². The Hall–Kier alpha value is -1.91. The van der Waals surface area contributed by atoms with E-state index in [2.05, 4.69) is 5.32 Å². The Morgan fingerprint density at radius 2 is 1.72 bits per heavy atom. The predicted octanol–water partition coefficient (Wildman–Crippen LogP) is 3.45. The van der Waals surface area contributed by atoms with Crippen molar-refractivity contribution in [2.45, 2.75) is 36.1 Å². The van der Waals surface area contributed by atoms with Gasteiger partial charge in [-0.1, -0.05) is 12.1 Å². The Morgan fingerprint density at radius 3 is 2.34 bits per heavy atom. The van der Waals surface area contributed by atoms with E-state index >= 15 is 0 Å². The van der Waals surface area contributed by atoms with Gasteiger partial charge in [0, 0.05) is 24.5 Å². The third-order valence-electron chi connectivity index (χ3n) is 4.65. The Morgan fingerprint density at radius 1 is 1.07 bits per heavy atom. The molecule has 3 rings (SSSR count). The number of rotatable bonds is 7. The van der Waals surface area contributed by atoms with Crippen molar-refractivity contribution in [1.82, 2.24) is 9.62 Å². The fraction of sp³-hybridized carbons (Fsp3) is 0.421. The van der Waals surface area contributed by atoms with Gasteiger partial charge in [0.2, 0.25) is 5.91 Å². The van der Waals surface area contributed by atoms with Crippen LogP contribution in [0.5, 0.6) is 0 Å². The molecule has 5 nitrogen and oxygen atoms in total. The number of amides is 1. The standard InChI is InChI=1S/C19H21F3N2O3S2/c20-19(21,22)15-5-3-14(4-6-15)9-10-23-17(25)13-16-7-8-18(28-16)29(26,27)24-11-1-2-12-24/h3-8H,1-2,9-13H2,(H,23,25). The van der Waals surface area contributed by atoms with Crippen LogP contribution in [-0.2, 0) is 33.8 Å². The van der Waals surface area contributed by atoms with E-state index < -0.39 is 21.8 Å². The van der Waals surface area contributed by atoms with E-state index in [0.29, 0.717) is 30.0 Å². The smallest absolute Gasteiger partial charge is 0.355 e. The zero-order valence-corrected chi connectivity index (χ0v) is 17.2. The van der Waals surface area contributed by atoms with Gasteiger partial charge in [0.1, 0.15) is 4.21 Å². The van der Waals surface area contributed by atoms with E-state index in [0.717, 1.165) is 36.3 Å². The molecule has 1 N–H and O–H groups in total. The molecule has 158 valence electrons. The van der Waals surface area contributed by atoms with Crippen LogP contribution in [0.1, 0.15) is 28.8 Å². The zero-order valence-electron chi connectivity index (χ0n) is 15.5. The van der Waals surface area contributed by atoms with Crippen molar-refractivity contribution in [2.75, 3.05) is 19.6 Å². The Bertz CT molecular complexity index is 948. The number of nitrogens with zero attached hydrogens (tertiary/aromatic N) is 1. The predicted molar refractivity (Wildman–Crippen MR) is 104 cm³/mol. The molecule has 0 saturated carbocycles. The van der Waals surface area contributed by atoms with E-state index in [9.17, 15) is 26.4 Å². The molecule has 29 heavy (non-hydrogen) atoms. The molecule has 1 amide bonds. The van der Waals surface area contributed by atoms with Gasteiger partial charge in [0.25, 0.3) is 10.0 Å². The summed E-state index contributed by atoms with van der Waals surface area (Å²) >= 11 is 1.09. The average molecular weight is 447 g/mol. The second kappa shape index (κ2) is 8.85. The number of carbonyl (C=O) groups is 1. The number of benzene rings is 1. The summed E-state index contributed by atoms with van der Waals surface area (Å²) in [7, 11) is -3.48. The molecule has 0 unspecified atom stereocenters. The largest absolute Gasteiger partial charge is 0.416 e. The van der Waals surface area contributed by atoms with Crippen LogP contribution >= 0.6 is 11.3 Å². The summed E-state index contributed by atoms with van der Waals surface area (Å²) in [5, 5.41) is 2.71. The van der Waals surface area contributed by atoms with Gasteiger partial charge in [-0.25, -0.2) is 8.42 Å². The third kappa shape index (κ3) is 5.58. The summed E-state index contributed by atoms with van der Waals surface area (Å²) in [6.45, 7) is 1.34. The average Bonchev–Trinajstić information content (AvgIpc) is 3.34. The molecule has 0 atom stereocenters. The lowest BCUT2D eigenvalue weighted by atomic mass is 10.1. The van der Waals surface area contributed by atoms with Gasteiger partial charge in [-0.3, -0.25) is 4.79 Å². The SMILES string of the molecule is O=C(Cc1ccc(S(=O)(=O)N2CCCC2)s1)NCCc1ccc(C(F)(F)F)cc1. The van der Waals surface area contributed by atoms with Crippen LogP contribution in [-0.4, -0.2) is 38.3 Å². The third-order valence-corrected chi connectivity index (χ3v) is 8.10.